The van der Waals surface area contributed by atoms with Crippen molar-refractivity contribution in [2.24, 2.45) is 0 Å². The highest BCUT2D eigenvalue weighted by Gasteiger charge is 2.22. The van der Waals surface area contributed by atoms with Gasteiger partial charge in [-0.25, -0.2) is 0 Å². The normalized spacial score (nSPS) is 13.0. The van der Waals surface area contributed by atoms with Crippen molar-refractivity contribution in [1.82, 2.24) is 10.6 Å². The molecule has 6 nitrogen and oxygen atoms in total. The molecule has 6 heteroatoms. The van der Waals surface area contributed by atoms with Gasteiger partial charge in [0.2, 0.25) is 0 Å². The minimum absolute atomic E-state index is 0.219. The van der Waals surface area contributed by atoms with Crippen LogP contribution in [0, 0.1) is 0 Å². The van der Waals surface area contributed by atoms with Crippen LogP contribution in [-0.4, -0.2) is 36.6 Å². The van der Waals surface area contributed by atoms with Crippen molar-refractivity contribution in [3.8, 4) is 33.8 Å². The third-order valence-electron chi connectivity index (χ3n) is 6.78. The Bertz CT molecular complexity index is 1370. The smallest absolute Gasteiger partial charge is 0.261 e. The van der Waals surface area contributed by atoms with Gasteiger partial charge in [0.15, 0.2) is 12.2 Å². The molecule has 0 saturated carbocycles. The van der Waals surface area contributed by atoms with Gasteiger partial charge in [-0.3, -0.25) is 9.59 Å². The molecule has 0 bridgehead atoms. The SMILES string of the molecule is CCC(Oc1ccc(-c2ccccc2)cc1)C(=O)NCC(C)NC(=O)C(CC)Oc1ccc(-c2ccccc2)cc1. The Labute approximate surface area is 242 Å². The van der Waals surface area contributed by atoms with Crippen LogP contribution in [-0.2, 0) is 9.59 Å². The molecule has 41 heavy (non-hydrogen) atoms. The van der Waals surface area contributed by atoms with E-state index < -0.39 is 12.2 Å². The lowest BCUT2D eigenvalue weighted by Crippen LogP contribution is -2.48. The van der Waals surface area contributed by atoms with Crippen molar-refractivity contribution in [2.75, 3.05) is 6.54 Å². The fourth-order valence-corrected chi connectivity index (χ4v) is 4.44. The van der Waals surface area contributed by atoms with Gasteiger partial charge in [0.25, 0.3) is 11.8 Å². The maximum atomic E-state index is 12.9. The second kappa shape index (κ2) is 14.7. The zero-order valence-electron chi connectivity index (χ0n) is 23.9. The number of hydrogen-bond donors (Lipinski definition) is 2. The number of nitrogens with one attached hydrogen (secondary N) is 2. The Morgan fingerprint density at radius 1 is 0.585 bits per heavy atom. The quantitative estimate of drug-likeness (QED) is 0.195. The Hall–Kier alpha value is -4.58. The van der Waals surface area contributed by atoms with Gasteiger partial charge in [0.05, 0.1) is 0 Å². The number of benzene rings is 4. The lowest BCUT2D eigenvalue weighted by molar-refractivity contribution is -0.130. The Morgan fingerprint density at radius 2 is 0.976 bits per heavy atom. The van der Waals surface area contributed by atoms with Gasteiger partial charge in [-0.05, 0) is 66.3 Å². The van der Waals surface area contributed by atoms with Crippen molar-refractivity contribution in [2.45, 2.75) is 51.9 Å². The third-order valence-corrected chi connectivity index (χ3v) is 6.78. The van der Waals surface area contributed by atoms with Crippen LogP contribution in [0.3, 0.4) is 0 Å². The summed E-state index contributed by atoms with van der Waals surface area (Å²) in [6.07, 6.45) is -0.241. The van der Waals surface area contributed by atoms with E-state index in [0.717, 1.165) is 22.3 Å². The van der Waals surface area contributed by atoms with Crippen LogP contribution in [0.4, 0.5) is 0 Å². The van der Waals surface area contributed by atoms with Crippen LogP contribution in [0.5, 0.6) is 11.5 Å². The molecule has 0 aliphatic rings. The molecule has 2 amide bonds. The summed E-state index contributed by atoms with van der Waals surface area (Å²) in [6, 6.07) is 35.3. The molecule has 0 saturated heterocycles. The minimum Gasteiger partial charge on any atom is -0.481 e. The van der Waals surface area contributed by atoms with Crippen molar-refractivity contribution >= 4 is 11.8 Å². The number of carbonyl (C=O) groups is 2. The van der Waals surface area contributed by atoms with E-state index in [1.54, 1.807) is 0 Å². The fourth-order valence-electron chi connectivity index (χ4n) is 4.44. The zero-order chi connectivity index (χ0) is 29.0. The highest BCUT2D eigenvalue weighted by molar-refractivity contribution is 5.82. The van der Waals surface area contributed by atoms with Crippen molar-refractivity contribution in [3.63, 3.8) is 0 Å². The monoisotopic (exact) mass is 550 g/mol. The first-order valence-corrected chi connectivity index (χ1v) is 14.2. The lowest BCUT2D eigenvalue weighted by atomic mass is 10.1. The second-order valence-corrected chi connectivity index (χ2v) is 9.97. The molecule has 212 valence electrons. The van der Waals surface area contributed by atoms with Crippen LogP contribution in [0.15, 0.2) is 109 Å². The first-order valence-electron chi connectivity index (χ1n) is 14.2. The summed E-state index contributed by atoms with van der Waals surface area (Å²) in [6.45, 7) is 5.94. The summed E-state index contributed by atoms with van der Waals surface area (Å²) in [4.78, 5) is 25.8. The number of rotatable bonds is 13. The molecule has 3 atom stereocenters. The average Bonchev–Trinajstić information content (AvgIpc) is 3.02. The summed E-state index contributed by atoms with van der Waals surface area (Å²) < 4.78 is 12.0. The number of amides is 2. The van der Waals surface area contributed by atoms with Crippen LogP contribution < -0.4 is 20.1 Å². The van der Waals surface area contributed by atoms with Crippen molar-refractivity contribution in [1.29, 1.82) is 0 Å². The average molecular weight is 551 g/mol. The molecule has 4 rings (SSSR count). The first-order chi connectivity index (χ1) is 20.0. The van der Waals surface area contributed by atoms with Gasteiger partial charge >= 0.3 is 0 Å². The maximum Gasteiger partial charge on any atom is 0.261 e. The van der Waals surface area contributed by atoms with Gasteiger partial charge < -0.3 is 20.1 Å². The molecule has 4 aromatic carbocycles. The van der Waals surface area contributed by atoms with Crippen LogP contribution in [0.1, 0.15) is 33.6 Å². The van der Waals surface area contributed by atoms with E-state index in [1.165, 1.54) is 0 Å². The Balaban J connectivity index is 1.24. The van der Waals surface area contributed by atoms with Crippen LogP contribution >= 0.6 is 0 Å². The molecule has 4 aromatic rings. The van der Waals surface area contributed by atoms with E-state index in [2.05, 4.69) is 34.9 Å². The van der Waals surface area contributed by atoms with Crippen LogP contribution in [0.25, 0.3) is 22.3 Å². The van der Waals surface area contributed by atoms with E-state index in [-0.39, 0.29) is 24.4 Å². The molecule has 2 N–H and O–H groups in total. The summed E-state index contributed by atoms with van der Waals surface area (Å²) in [7, 11) is 0. The number of hydrogen-bond acceptors (Lipinski definition) is 4. The molecular formula is C35H38N2O4. The first kappa shape index (κ1) is 29.4. The van der Waals surface area contributed by atoms with Gasteiger partial charge in [-0.15, -0.1) is 0 Å². The minimum atomic E-state index is -0.638. The maximum absolute atomic E-state index is 12.9. The molecule has 0 aromatic heterocycles. The fraction of sp³-hybridized carbons (Fsp3) is 0.257. The Morgan fingerprint density at radius 3 is 1.39 bits per heavy atom. The lowest BCUT2D eigenvalue weighted by Gasteiger charge is -2.22. The van der Waals surface area contributed by atoms with Crippen molar-refractivity contribution in [3.05, 3.63) is 109 Å². The predicted octanol–water partition coefficient (Wildman–Crippen LogP) is 6.66. The largest absolute Gasteiger partial charge is 0.481 e. The Kier molecular flexibility index (Phi) is 10.5. The summed E-state index contributed by atoms with van der Waals surface area (Å²) in [5, 5.41) is 5.86. The highest BCUT2D eigenvalue weighted by Crippen LogP contribution is 2.24. The van der Waals surface area contributed by atoms with E-state index >= 15 is 0 Å². The van der Waals surface area contributed by atoms with Gasteiger partial charge in [-0.2, -0.15) is 0 Å². The predicted molar refractivity (Wildman–Crippen MR) is 164 cm³/mol. The molecule has 3 unspecified atom stereocenters. The van der Waals surface area contributed by atoms with E-state index in [4.69, 9.17) is 9.47 Å². The topological polar surface area (TPSA) is 76.7 Å². The van der Waals surface area contributed by atoms with E-state index in [1.807, 2.05) is 106 Å². The molecule has 0 aliphatic carbocycles. The summed E-state index contributed by atoms with van der Waals surface area (Å²) in [5.41, 5.74) is 4.41. The standard InChI is InChI=1S/C35H38N2O4/c1-4-32(40-30-20-16-28(17-21-30)26-12-8-6-9-13-26)34(38)36-24-25(3)37-35(39)33(5-2)41-31-22-18-29(19-23-31)27-14-10-7-11-15-27/h6-23,25,32-33H,4-5,24H2,1-3H3,(H,36,38)(H,37,39). The van der Waals surface area contributed by atoms with Gasteiger partial charge in [-0.1, -0.05) is 98.8 Å². The van der Waals surface area contributed by atoms with Crippen LogP contribution in [0.2, 0.25) is 0 Å². The molecule has 0 heterocycles. The number of carbonyl (C=O) groups excluding carboxylic acids is 2. The highest BCUT2D eigenvalue weighted by atomic mass is 16.5. The molecule has 0 radical (unpaired) electrons. The van der Waals surface area contributed by atoms with E-state index in [9.17, 15) is 9.59 Å². The van der Waals surface area contributed by atoms with E-state index in [0.29, 0.717) is 24.3 Å². The second-order valence-electron chi connectivity index (χ2n) is 9.97. The molecule has 0 spiro atoms. The third kappa shape index (κ3) is 8.45. The summed E-state index contributed by atoms with van der Waals surface area (Å²) >= 11 is 0. The van der Waals surface area contributed by atoms with Crippen molar-refractivity contribution < 1.29 is 19.1 Å². The van der Waals surface area contributed by atoms with Gasteiger partial charge in [0, 0.05) is 12.6 Å². The number of ether oxygens (including phenoxy) is 2. The zero-order valence-corrected chi connectivity index (χ0v) is 23.9. The summed E-state index contributed by atoms with van der Waals surface area (Å²) in [5.74, 6) is 0.825. The molecule has 0 fully saturated rings. The molecular weight excluding hydrogens is 512 g/mol. The molecule has 0 aliphatic heterocycles. The van der Waals surface area contributed by atoms with Gasteiger partial charge in [0.1, 0.15) is 11.5 Å².